The summed E-state index contributed by atoms with van der Waals surface area (Å²) in [6.07, 6.45) is 2.39. The fourth-order valence-electron chi connectivity index (χ4n) is 0.508. The van der Waals surface area contributed by atoms with Crippen LogP contribution in [-0.2, 0) is 0 Å². The lowest BCUT2D eigenvalue weighted by atomic mass is 9.93. The van der Waals surface area contributed by atoms with Crippen molar-refractivity contribution in [1.82, 2.24) is 0 Å². The molecule has 0 heterocycles. The van der Waals surface area contributed by atoms with Crippen LogP contribution >= 0.6 is 12.6 Å². The summed E-state index contributed by atoms with van der Waals surface area (Å²) in [7, 11) is 0. The Labute approximate surface area is 43.3 Å². The highest BCUT2D eigenvalue weighted by Crippen LogP contribution is 2.22. The van der Waals surface area contributed by atoms with Gasteiger partial charge in [0.1, 0.15) is 0 Å². The Kier molecular flexibility index (Phi) is 1.06. The Morgan fingerprint density at radius 2 is 2.00 bits per heavy atom. The normalized spacial score (nSPS) is 45.0. The summed E-state index contributed by atoms with van der Waals surface area (Å²) in [4.78, 5) is 0. The molecule has 1 aliphatic rings. The van der Waals surface area contributed by atoms with E-state index in [9.17, 15) is 0 Å². The smallest absolute Gasteiger partial charge is 0.0169 e. The van der Waals surface area contributed by atoms with Crippen molar-refractivity contribution in [3.8, 4) is 0 Å². The van der Waals surface area contributed by atoms with Gasteiger partial charge in [0.25, 0.3) is 0 Å². The summed E-state index contributed by atoms with van der Waals surface area (Å²) < 4.78 is 0. The zero-order valence-corrected chi connectivity index (χ0v) is 4.49. The molecule has 2 N–H and O–H groups in total. The monoisotopic (exact) mass is 103 g/mol. The van der Waals surface area contributed by atoms with Crippen molar-refractivity contribution < 1.29 is 0 Å². The van der Waals surface area contributed by atoms with Gasteiger partial charge in [0, 0.05) is 11.3 Å². The van der Waals surface area contributed by atoms with E-state index in [2.05, 4.69) is 12.6 Å². The number of hydrogen-bond donors (Lipinski definition) is 2. The van der Waals surface area contributed by atoms with E-state index in [1.165, 1.54) is 12.8 Å². The molecule has 0 saturated heterocycles. The molecule has 0 aromatic rings. The lowest BCUT2D eigenvalue weighted by Crippen LogP contribution is -2.40. The Balaban J connectivity index is 2.20. The van der Waals surface area contributed by atoms with Crippen LogP contribution in [0.15, 0.2) is 0 Å². The molecule has 1 aliphatic carbocycles. The minimum Gasteiger partial charge on any atom is -0.327 e. The minimum absolute atomic E-state index is 0.397. The van der Waals surface area contributed by atoms with Crippen molar-refractivity contribution in [1.29, 1.82) is 0 Å². The molecule has 1 nitrogen and oxygen atoms in total. The molecule has 36 valence electrons. The maximum Gasteiger partial charge on any atom is 0.0169 e. The van der Waals surface area contributed by atoms with Gasteiger partial charge in [-0.25, -0.2) is 0 Å². The molecule has 1 saturated carbocycles. The molecule has 0 radical (unpaired) electrons. The SMILES string of the molecule is N[C@H]1CC[C@H]1S. The third-order valence-electron chi connectivity index (χ3n) is 1.29. The first-order valence-corrected chi connectivity index (χ1v) is 2.76. The highest BCUT2D eigenvalue weighted by Gasteiger charge is 2.22. The molecular weight excluding hydrogens is 94.1 g/mol. The van der Waals surface area contributed by atoms with Crippen LogP contribution in [0.4, 0.5) is 0 Å². The van der Waals surface area contributed by atoms with Crippen LogP contribution in [0.3, 0.4) is 0 Å². The Hall–Kier alpha value is 0.310. The van der Waals surface area contributed by atoms with E-state index in [1.54, 1.807) is 0 Å². The van der Waals surface area contributed by atoms with Gasteiger partial charge in [-0.3, -0.25) is 0 Å². The molecule has 2 atom stereocenters. The van der Waals surface area contributed by atoms with Gasteiger partial charge >= 0.3 is 0 Å². The Morgan fingerprint density at radius 3 is 2.00 bits per heavy atom. The lowest BCUT2D eigenvalue weighted by Gasteiger charge is -2.28. The summed E-state index contributed by atoms with van der Waals surface area (Å²) in [6, 6.07) is 0.397. The van der Waals surface area contributed by atoms with Crippen molar-refractivity contribution in [2.24, 2.45) is 5.73 Å². The maximum atomic E-state index is 5.45. The first-order valence-electron chi connectivity index (χ1n) is 2.24. The fourth-order valence-corrected chi connectivity index (χ4v) is 0.806. The number of nitrogens with two attached hydrogens (primary N) is 1. The van der Waals surface area contributed by atoms with Crippen molar-refractivity contribution in [3.63, 3.8) is 0 Å². The summed E-state index contributed by atoms with van der Waals surface area (Å²) in [5.74, 6) is 0. The van der Waals surface area contributed by atoms with E-state index in [4.69, 9.17) is 5.73 Å². The molecule has 0 aromatic carbocycles. The molecule has 0 spiro atoms. The summed E-state index contributed by atoms with van der Waals surface area (Å²) >= 11 is 4.15. The van der Waals surface area contributed by atoms with Crippen LogP contribution in [0.2, 0.25) is 0 Å². The van der Waals surface area contributed by atoms with Gasteiger partial charge < -0.3 is 5.73 Å². The van der Waals surface area contributed by atoms with Gasteiger partial charge in [-0.15, -0.1) is 0 Å². The summed E-state index contributed by atoms with van der Waals surface area (Å²) in [6.45, 7) is 0. The average molecular weight is 103 g/mol. The molecular formula is C4H9NS. The zero-order valence-electron chi connectivity index (χ0n) is 3.59. The van der Waals surface area contributed by atoms with Crippen LogP contribution < -0.4 is 5.73 Å². The minimum atomic E-state index is 0.397. The quantitative estimate of drug-likeness (QED) is 0.427. The standard InChI is InChI=1S/C4H9NS/c5-3-1-2-4(3)6/h3-4,6H,1-2,5H2/t3-,4+/m0/s1. The highest BCUT2D eigenvalue weighted by molar-refractivity contribution is 7.81. The van der Waals surface area contributed by atoms with Crippen molar-refractivity contribution in [2.45, 2.75) is 24.1 Å². The molecule has 2 heteroatoms. The van der Waals surface area contributed by atoms with Crippen LogP contribution in [0.1, 0.15) is 12.8 Å². The van der Waals surface area contributed by atoms with Gasteiger partial charge in [-0.05, 0) is 12.8 Å². The Morgan fingerprint density at radius 1 is 1.50 bits per heavy atom. The predicted octanol–water partition coefficient (Wildman–Crippen LogP) is 0.406. The van der Waals surface area contributed by atoms with E-state index in [-0.39, 0.29) is 0 Å². The number of rotatable bonds is 0. The summed E-state index contributed by atoms with van der Waals surface area (Å²) in [5, 5.41) is 0.505. The molecule has 1 fully saturated rings. The molecule has 1 rings (SSSR count). The molecule has 0 bridgehead atoms. The van der Waals surface area contributed by atoms with E-state index in [1.807, 2.05) is 0 Å². The van der Waals surface area contributed by atoms with Crippen molar-refractivity contribution in [2.75, 3.05) is 0 Å². The van der Waals surface area contributed by atoms with Gasteiger partial charge in [-0.1, -0.05) is 0 Å². The van der Waals surface area contributed by atoms with Gasteiger partial charge in [0.05, 0.1) is 0 Å². The van der Waals surface area contributed by atoms with Gasteiger partial charge in [0.2, 0.25) is 0 Å². The molecule has 6 heavy (non-hydrogen) atoms. The largest absolute Gasteiger partial charge is 0.327 e. The summed E-state index contributed by atoms with van der Waals surface area (Å²) in [5.41, 5.74) is 5.45. The van der Waals surface area contributed by atoms with Gasteiger partial charge in [0.15, 0.2) is 0 Å². The second kappa shape index (κ2) is 1.43. The lowest BCUT2D eigenvalue weighted by molar-refractivity contribution is 0.436. The predicted molar refractivity (Wildman–Crippen MR) is 30.0 cm³/mol. The molecule has 0 aromatic heterocycles. The number of thiol groups is 1. The average Bonchev–Trinajstić information content (AvgIpc) is 1.61. The van der Waals surface area contributed by atoms with Crippen LogP contribution in [0, 0.1) is 0 Å². The molecule has 0 aliphatic heterocycles. The first kappa shape index (κ1) is 4.47. The highest BCUT2D eigenvalue weighted by atomic mass is 32.1. The van der Waals surface area contributed by atoms with Crippen LogP contribution in [0.5, 0.6) is 0 Å². The van der Waals surface area contributed by atoms with Crippen LogP contribution in [-0.4, -0.2) is 11.3 Å². The van der Waals surface area contributed by atoms with Crippen LogP contribution in [0.25, 0.3) is 0 Å². The number of hydrogen-bond acceptors (Lipinski definition) is 2. The maximum absolute atomic E-state index is 5.45. The second-order valence-corrected chi connectivity index (χ2v) is 2.47. The zero-order chi connectivity index (χ0) is 4.57. The topological polar surface area (TPSA) is 26.0 Å². The Bertz CT molecular complexity index is 47.5. The fraction of sp³-hybridized carbons (Fsp3) is 1.00. The van der Waals surface area contributed by atoms with Crippen molar-refractivity contribution >= 4 is 12.6 Å². The third-order valence-corrected chi connectivity index (χ3v) is 1.93. The van der Waals surface area contributed by atoms with E-state index in [0.29, 0.717) is 11.3 Å². The van der Waals surface area contributed by atoms with E-state index < -0.39 is 0 Å². The van der Waals surface area contributed by atoms with E-state index >= 15 is 0 Å². The molecule has 0 unspecified atom stereocenters. The first-order chi connectivity index (χ1) is 2.80. The van der Waals surface area contributed by atoms with Gasteiger partial charge in [-0.2, -0.15) is 12.6 Å². The second-order valence-electron chi connectivity index (χ2n) is 1.81. The van der Waals surface area contributed by atoms with Crippen molar-refractivity contribution in [3.05, 3.63) is 0 Å². The third kappa shape index (κ3) is 0.545. The van der Waals surface area contributed by atoms with E-state index in [0.717, 1.165) is 0 Å². The molecule has 0 amide bonds.